The molecule has 0 spiro atoms. The summed E-state index contributed by atoms with van der Waals surface area (Å²) in [5, 5.41) is 27.9. The second-order valence-electron chi connectivity index (χ2n) is 11.4. The smallest absolute Gasteiger partial charge is 0.109 e. The van der Waals surface area contributed by atoms with E-state index < -0.39 is 0 Å². The van der Waals surface area contributed by atoms with Gasteiger partial charge in [0, 0.05) is 17.3 Å². The quantitative estimate of drug-likeness (QED) is 0.161. The van der Waals surface area contributed by atoms with Crippen molar-refractivity contribution >= 4 is 33.9 Å². The van der Waals surface area contributed by atoms with Crippen LogP contribution >= 0.6 is 11.6 Å². The lowest BCUT2D eigenvalue weighted by Crippen LogP contribution is -2.15. The molecule has 2 N–H and O–H groups in total. The fourth-order valence-corrected chi connectivity index (χ4v) is 6.18. The van der Waals surface area contributed by atoms with Crippen molar-refractivity contribution in [2.45, 2.75) is 44.3 Å². The third-order valence-electron chi connectivity index (χ3n) is 8.39. The highest BCUT2D eigenvalue weighted by molar-refractivity contribution is 6.35. The Kier molecular flexibility index (Phi) is 7.89. The standard InChI is InChI=1S/C37H32ClN7/c1-2-33(25-13-7-4-8-14-25)42-35-26(21-39)22-40-36-31(35)19-27(20-32(36)38)41-37(34-23-45(44-43-34)28-17-18-28)30-16-10-9-15-29(30)24-11-5-3-6-12-24/h3-16,19-20,22-23,28,33,37,41H,2,17-18H2,1H3,(H,40,42). The van der Waals surface area contributed by atoms with E-state index in [1.54, 1.807) is 6.20 Å². The predicted octanol–water partition coefficient (Wildman–Crippen LogP) is 9.12. The van der Waals surface area contributed by atoms with Crippen LogP contribution in [0, 0.1) is 11.3 Å². The summed E-state index contributed by atoms with van der Waals surface area (Å²) in [6.07, 6.45) is 6.71. The lowest BCUT2D eigenvalue weighted by molar-refractivity contribution is 0.610. The molecule has 0 bridgehead atoms. The number of nitrogens with one attached hydrogen (secondary N) is 2. The van der Waals surface area contributed by atoms with Crippen LogP contribution in [-0.2, 0) is 0 Å². The van der Waals surface area contributed by atoms with Crippen LogP contribution in [0.1, 0.15) is 66.7 Å². The molecule has 0 aliphatic heterocycles. The van der Waals surface area contributed by atoms with Gasteiger partial charge in [0.1, 0.15) is 11.8 Å². The van der Waals surface area contributed by atoms with E-state index in [1.165, 1.54) is 0 Å². The SMILES string of the molecule is CCC(Nc1c(C#N)cnc2c(Cl)cc(NC(c3cn(C4CC4)nn3)c3ccccc3-c3ccccc3)cc12)c1ccccc1. The van der Waals surface area contributed by atoms with Gasteiger partial charge >= 0.3 is 0 Å². The van der Waals surface area contributed by atoms with Crippen molar-refractivity contribution in [1.29, 1.82) is 5.26 Å². The van der Waals surface area contributed by atoms with Crippen molar-refractivity contribution in [3.8, 4) is 17.2 Å². The Morgan fingerprint density at radius 1 is 0.956 bits per heavy atom. The first kappa shape index (κ1) is 28.6. The number of nitrogens with zero attached hydrogens (tertiary/aromatic N) is 5. The molecule has 1 aliphatic carbocycles. The first-order valence-electron chi connectivity index (χ1n) is 15.3. The Morgan fingerprint density at radius 2 is 1.69 bits per heavy atom. The maximum Gasteiger partial charge on any atom is 0.109 e. The summed E-state index contributed by atoms with van der Waals surface area (Å²) in [6.45, 7) is 2.13. The number of anilines is 2. The van der Waals surface area contributed by atoms with Gasteiger partial charge < -0.3 is 10.6 Å². The molecule has 6 aromatic rings. The van der Waals surface area contributed by atoms with Crippen LogP contribution in [0.5, 0.6) is 0 Å². The van der Waals surface area contributed by atoms with E-state index in [0.717, 1.165) is 58.3 Å². The van der Waals surface area contributed by atoms with E-state index in [0.29, 0.717) is 27.8 Å². The lowest BCUT2D eigenvalue weighted by Gasteiger charge is -2.23. The molecule has 7 nitrogen and oxygen atoms in total. The fraction of sp³-hybridized carbons (Fsp3) is 0.189. The number of nitriles is 1. The van der Waals surface area contributed by atoms with Gasteiger partial charge in [-0.15, -0.1) is 5.10 Å². The molecule has 0 saturated heterocycles. The number of hydrogen-bond acceptors (Lipinski definition) is 6. The van der Waals surface area contributed by atoms with E-state index >= 15 is 0 Å². The van der Waals surface area contributed by atoms with Crippen molar-refractivity contribution in [3.05, 3.63) is 137 Å². The Morgan fingerprint density at radius 3 is 2.42 bits per heavy atom. The first-order valence-corrected chi connectivity index (χ1v) is 15.7. The van der Waals surface area contributed by atoms with Gasteiger partial charge in [-0.25, -0.2) is 4.68 Å². The van der Waals surface area contributed by atoms with Gasteiger partial charge in [-0.05, 0) is 53.6 Å². The van der Waals surface area contributed by atoms with Gasteiger partial charge in [0.2, 0.25) is 0 Å². The molecule has 7 rings (SSSR count). The van der Waals surface area contributed by atoms with E-state index in [9.17, 15) is 5.26 Å². The molecule has 8 heteroatoms. The molecule has 45 heavy (non-hydrogen) atoms. The minimum Gasteiger partial charge on any atom is -0.377 e. The monoisotopic (exact) mass is 609 g/mol. The summed E-state index contributed by atoms with van der Waals surface area (Å²) < 4.78 is 1.97. The number of fused-ring (bicyclic) bond motifs is 1. The van der Waals surface area contributed by atoms with Gasteiger partial charge in [-0.2, -0.15) is 5.26 Å². The van der Waals surface area contributed by atoms with Crippen LogP contribution in [0.3, 0.4) is 0 Å². The molecule has 1 saturated carbocycles. The number of rotatable bonds is 10. The van der Waals surface area contributed by atoms with Crippen LogP contribution in [0.25, 0.3) is 22.0 Å². The molecule has 222 valence electrons. The topological polar surface area (TPSA) is 91.5 Å². The van der Waals surface area contributed by atoms with Crippen molar-refractivity contribution in [1.82, 2.24) is 20.0 Å². The highest BCUT2D eigenvalue weighted by atomic mass is 35.5. The zero-order valence-corrected chi connectivity index (χ0v) is 25.6. The van der Waals surface area contributed by atoms with Gasteiger partial charge in [0.05, 0.1) is 46.1 Å². The molecule has 2 heterocycles. The minimum atomic E-state index is -0.321. The third-order valence-corrected chi connectivity index (χ3v) is 8.67. The summed E-state index contributed by atoms with van der Waals surface area (Å²) in [4.78, 5) is 4.59. The first-order chi connectivity index (χ1) is 22.1. The van der Waals surface area contributed by atoms with Gasteiger partial charge in [-0.1, -0.05) is 109 Å². The van der Waals surface area contributed by atoms with E-state index in [-0.39, 0.29) is 12.1 Å². The molecule has 2 unspecified atom stereocenters. The van der Waals surface area contributed by atoms with Crippen LogP contribution in [0.15, 0.2) is 109 Å². The Labute approximate surface area is 267 Å². The lowest BCUT2D eigenvalue weighted by atomic mass is 9.93. The maximum atomic E-state index is 10.1. The Bertz CT molecular complexity index is 2000. The summed E-state index contributed by atoms with van der Waals surface area (Å²) >= 11 is 6.93. The molecular weight excluding hydrogens is 578 g/mol. The second kappa shape index (κ2) is 12.4. The zero-order chi connectivity index (χ0) is 30.8. The normalized spacial score (nSPS) is 14.1. The van der Waals surface area contributed by atoms with Crippen molar-refractivity contribution in [2.75, 3.05) is 10.6 Å². The molecule has 0 amide bonds. The molecule has 2 atom stereocenters. The summed E-state index contributed by atoms with van der Waals surface area (Å²) in [6, 6.07) is 35.3. The van der Waals surface area contributed by atoms with Gasteiger partial charge in [0.15, 0.2) is 0 Å². The molecule has 1 aliphatic rings. The second-order valence-corrected chi connectivity index (χ2v) is 11.8. The Balaban J connectivity index is 1.34. The molecule has 4 aromatic carbocycles. The molecular formula is C37H32ClN7. The van der Waals surface area contributed by atoms with Crippen molar-refractivity contribution in [3.63, 3.8) is 0 Å². The number of aromatic nitrogens is 4. The molecule has 0 radical (unpaired) electrons. The molecule has 2 aromatic heterocycles. The van der Waals surface area contributed by atoms with E-state index in [4.69, 9.17) is 11.6 Å². The summed E-state index contributed by atoms with van der Waals surface area (Å²) in [7, 11) is 0. The van der Waals surface area contributed by atoms with E-state index in [1.807, 2.05) is 59.4 Å². The van der Waals surface area contributed by atoms with Crippen molar-refractivity contribution in [2.24, 2.45) is 0 Å². The number of halogens is 1. The van der Waals surface area contributed by atoms with Crippen LogP contribution in [-0.4, -0.2) is 20.0 Å². The average Bonchev–Trinajstić information content (AvgIpc) is 3.83. The van der Waals surface area contributed by atoms with Gasteiger partial charge in [-0.3, -0.25) is 4.98 Å². The van der Waals surface area contributed by atoms with Crippen LogP contribution in [0.4, 0.5) is 11.4 Å². The highest BCUT2D eigenvalue weighted by Gasteiger charge is 2.28. The van der Waals surface area contributed by atoms with Gasteiger partial charge in [0.25, 0.3) is 0 Å². The summed E-state index contributed by atoms with van der Waals surface area (Å²) in [5.41, 5.74) is 7.85. The van der Waals surface area contributed by atoms with Crippen LogP contribution in [0.2, 0.25) is 5.02 Å². The molecule has 1 fully saturated rings. The van der Waals surface area contributed by atoms with Crippen LogP contribution < -0.4 is 10.6 Å². The number of benzene rings is 4. The number of hydrogen-bond donors (Lipinski definition) is 2. The van der Waals surface area contributed by atoms with Crippen molar-refractivity contribution < 1.29 is 0 Å². The predicted molar refractivity (Wildman–Crippen MR) is 180 cm³/mol. The maximum absolute atomic E-state index is 10.1. The average molecular weight is 610 g/mol. The number of pyridine rings is 1. The van der Waals surface area contributed by atoms with E-state index in [2.05, 4.69) is 87.5 Å². The summed E-state index contributed by atoms with van der Waals surface area (Å²) in [5.74, 6) is 0. The minimum absolute atomic E-state index is 0.00208. The Hall–Kier alpha value is -5.19. The largest absolute Gasteiger partial charge is 0.377 e. The third kappa shape index (κ3) is 5.85. The highest BCUT2D eigenvalue weighted by Crippen LogP contribution is 2.40. The fourth-order valence-electron chi connectivity index (χ4n) is 5.91. The zero-order valence-electron chi connectivity index (χ0n) is 24.9.